The second-order valence-corrected chi connectivity index (χ2v) is 9.19. The van der Waals surface area contributed by atoms with E-state index < -0.39 is 11.8 Å². The number of benzene rings is 3. The number of methoxy groups -OCH3 is 1. The largest absolute Gasteiger partial charge is 0.466 e. The average molecular weight is 496 g/mol. The van der Waals surface area contributed by atoms with E-state index in [1.54, 1.807) is 20.4 Å². The second kappa shape index (κ2) is 12.3. The lowest BCUT2D eigenvalue weighted by Gasteiger charge is -2.24. The topological polar surface area (TPSA) is 88.0 Å². The number of para-hydroxylation sites is 1. The molecular weight excluding hydrogens is 462 g/mol. The van der Waals surface area contributed by atoms with E-state index >= 15 is 0 Å². The Labute approximate surface area is 218 Å². The van der Waals surface area contributed by atoms with Gasteiger partial charge in [-0.15, -0.1) is 0 Å². The van der Waals surface area contributed by atoms with Crippen molar-refractivity contribution in [3.8, 4) is 17.2 Å². The fourth-order valence-corrected chi connectivity index (χ4v) is 5.09. The minimum Gasteiger partial charge on any atom is -0.466 e. The van der Waals surface area contributed by atoms with Gasteiger partial charge in [0.15, 0.2) is 0 Å². The molecule has 0 aliphatic carbocycles. The zero-order valence-electron chi connectivity index (χ0n) is 21.7. The number of carbonyl (C=O) groups is 1. The Kier molecular flexibility index (Phi) is 8.71. The maximum Gasteiger partial charge on any atom is 0.306 e. The summed E-state index contributed by atoms with van der Waals surface area (Å²) in [5, 5.41) is 10.4. The molecular formula is C31H33N3O3. The molecule has 3 aromatic carbocycles. The van der Waals surface area contributed by atoms with Gasteiger partial charge in [-0.3, -0.25) is 4.79 Å². The lowest BCUT2D eigenvalue weighted by atomic mass is 9.78. The predicted molar refractivity (Wildman–Crippen MR) is 145 cm³/mol. The minimum atomic E-state index is -0.544. The van der Waals surface area contributed by atoms with Crippen LogP contribution >= 0.6 is 0 Å². The quantitative estimate of drug-likeness (QED) is 0.190. The molecule has 6 heteroatoms. The number of fused-ring (bicyclic) bond motifs is 1. The first-order valence-corrected chi connectivity index (χ1v) is 12.7. The molecule has 2 unspecified atom stereocenters. The number of H-pyrrole nitrogens is 1. The molecule has 37 heavy (non-hydrogen) atoms. The van der Waals surface area contributed by atoms with Crippen LogP contribution in [0.2, 0.25) is 0 Å². The number of rotatable bonds is 11. The van der Waals surface area contributed by atoms with Crippen LogP contribution in [-0.2, 0) is 20.7 Å². The smallest absolute Gasteiger partial charge is 0.306 e. The highest BCUT2D eigenvalue weighted by molar-refractivity contribution is 5.81. The molecule has 0 aliphatic heterocycles. The summed E-state index contributed by atoms with van der Waals surface area (Å²) in [4.78, 5) is 20.3. The van der Waals surface area contributed by atoms with Crippen LogP contribution < -0.4 is 0 Å². The van der Waals surface area contributed by atoms with Gasteiger partial charge < -0.3 is 14.5 Å². The molecule has 0 fully saturated rings. The van der Waals surface area contributed by atoms with E-state index in [0.29, 0.717) is 6.61 Å². The normalized spacial score (nSPS) is 12.7. The van der Waals surface area contributed by atoms with E-state index in [2.05, 4.69) is 52.4 Å². The molecule has 0 amide bonds. The molecule has 0 aliphatic rings. The summed E-state index contributed by atoms with van der Waals surface area (Å²) in [5.41, 5.74) is 8.01. The van der Waals surface area contributed by atoms with Gasteiger partial charge in [0.2, 0.25) is 0 Å². The average Bonchev–Trinajstić information content (AvgIpc) is 3.39. The molecule has 0 spiro atoms. The zero-order chi connectivity index (χ0) is 26.2. The first kappa shape index (κ1) is 26.1. The van der Waals surface area contributed by atoms with Crippen molar-refractivity contribution in [3.63, 3.8) is 0 Å². The van der Waals surface area contributed by atoms with Crippen LogP contribution in [0.4, 0.5) is 0 Å². The van der Waals surface area contributed by atoms with Gasteiger partial charge in [0, 0.05) is 19.6 Å². The summed E-state index contributed by atoms with van der Waals surface area (Å²) in [6.07, 6.45) is 3.62. The highest BCUT2D eigenvalue weighted by Crippen LogP contribution is 2.40. The van der Waals surface area contributed by atoms with Gasteiger partial charge in [-0.2, -0.15) is 5.26 Å². The van der Waals surface area contributed by atoms with Gasteiger partial charge in [0.05, 0.1) is 42.4 Å². The van der Waals surface area contributed by atoms with E-state index in [4.69, 9.17) is 9.47 Å². The second-order valence-electron chi connectivity index (χ2n) is 9.19. The summed E-state index contributed by atoms with van der Waals surface area (Å²) < 4.78 is 10.5. The summed E-state index contributed by atoms with van der Waals surface area (Å²) in [5.74, 6) is -1.26. The molecule has 2 atom stereocenters. The van der Waals surface area contributed by atoms with Crippen molar-refractivity contribution in [2.75, 3.05) is 20.3 Å². The molecule has 6 nitrogen and oxygen atoms in total. The molecule has 4 rings (SSSR count). The number of nitriles is 1. The maximum absolute atomic E-state index is 12.7. The van der Waals surface area contributed by atoms with Gasteiger partial charge >= 0.3 is 5.97 Å². The van der Waals surface area contributed by atoms with E-state index in [9.17, 15) is 10.1 Å². The van der Waals surface area contributed by atoms with Crippen molar-refractivity contribution in [2.45, 2.75) is 44.9 Å². The number of hydrogen-bond donors (Lipinski definition) is 1. The SMILES string of the molecule is CCOC(=O)CC(c1cccc2[nH]cnc12)C(C#N)c1ccc(-c2ccccc2CCCOC)cc1C. The summed E-state index contributed by atoms with van der Waals surface area (Å²) in [7, 11) is 1.72. The Morgan fingerprint density at radius 3 is 2.70 bits per heavy atom. The minimum absolute atomic E-state index is 0.0988. The Morgan fingerprint density at radius 1 is 1.11 bits per heavy atom. The van der Waals surface area contributed by atoms with Gasteiger partial charge in [0.25, 0.3) is 0 Å². The number of aromatic amines is 1. The molecule has 0 saturated carbocycles. The molecule has 0 saturated heterocycles. The van der Waals surface area contributed by atoms with Crippen molar-refractivity contribution >= 4 is 17.0 Å². The molecule has 1 heterocycles. The standard InChI is InChI=1S/C31H33N3O3/c1-4-37-30(35)18-27(26-12-7-13-29-31(26)34-20-33-29)28(19-32)24-15-14-23(17-21(24)2)25-11-6-5-9-22(25)10-8-16-36-3/h5-7,9,11-15,17,20,27-28H,4,8,10,16,18H2,1-3H3,(H,33,34). The Bertz CT molecular complexity index is 1400. The van der Waals surface area contributed by atoms with Crippen molar-refractivity contribution in [3.05, 3.63) is 89.2 Å². The van der Waals surface area contributed by atoms with Crippen LogP contribution in [0, 0.1) is 18.3 Å². The van der Waals surface area contributed by atoms with Gasteiger partial charge in [-0.05, 0) is 66.1 Å². The van der Waals surface area contributed by atoms with Crippen molar-refractivity contribution in [1.29, 1.82) is 5.26 Å². The zero-order valence-corrected chi connectivity index (χ0v) is 21.7. The number of hydrogen-bond acceptors (Lipinski definition) is 5. The third-order valence-electron chi connectivity index (χ3n) is 6.84. The summed E-state index contributed by atoms with van der Waals surface area (Å²) >= 11 is 0. The first-order valence-electron chi connectivity index (χ1n) is 12.7. The lowest BCUT2D eigenvalue weighted by Crippen LogP contribution is -2.17. The number of esters is 1. The van der Waals surface area contributed by atoms with E-state index in [1.807, 2.05) is 31.2 Å². The number of carbonyl (C=O) groups excluding carboxylic acids is 1. The van der Waals surface area contributed by atoms with Crippen LogP contribution in [0.3, 0.4) is 0 Å². The van der Waals surface area contributed by atoms with Gasteiger partial charge in [-0.1, -0.05) is 54.6 Å². The van der Waals surface area contributed by atoms with Crippen LogP contribution in [0.15, 0.2) is 67.0 Å². The molecule has 0 radical (unpaired) electrons. The van der Waals surface area contributed by atoms with Crippen LogP contribution in [-0.4, -0.2) is 36.3 Å². The molecule has 190 valence electrons. The Morgan fingerprint density at radius 2 is 1.95 bits per heavy atom. The van der Waals surface area contributed by atoms with Crippen molar-refractivity contribution < 1.29 is 14.3 Å². The number of ether oxygens (including phenoxy) is 2. The maximum atomic E-state index is 12.7. The lowest BCUT2D eigenvalue weighted by molar-refractivity contribution is -0.143. The Hall–Kier alpha value is -3.95. The highest BCUT2D eigenvalue weighted by Gasteiger charge is 2.31. The molecule has 0 bridgehead atoms. The van der Waals surface area contributed by atoms with Crippen molar-refractivity contribution in [1.82, 2.24) is 9.97 Å². The number of aromatic nitrogens is 2. The summed E-state index contributed by atoms with van der Waals surface area (Å²) in [6.45, 7) is 4.85. The highest BCUT2D eigenvalue weighted by atomic mass is 16.5. The van der Waals surface area contributed by atoms with E-state index in [0.717, 1.165) is 52.7 Å². The number of nitrogens with one attached hydrogen (secondary N) is 1. The monoisotopic (exact) mass is 495 g/mol. The third-order valence-corrected chi connectivity index (χ3v) is 6.84. The van der Waals surface area contributed by atoms with Crippen LogP contribution in [0.25, 0.3) is 22.2 Å². The summed E-state index contributed by atoms with van der Waals surface area (Å²) in [6, 6.07) is 23.0. The van der Waals surface area contributed by atoms with Gasteiger partial charge in [0.1, 0.15) is 0 Å². The fourth-order valence-electron chi connectivity index (χ4n) is 5.09. The number of nitrogens with zero attached hydrogens (tertiary/aromatic N) is 2. The molecule has 4 aromatic rings. The molecule has 1 aromatic heterocycles. The van der Waals surface area contributed by atoms with E-state index in [-0.39, 0.29) is 12.4 Å². The number of aryl methyl sites for hydroxylation is 2. The van der Waals surface area contributed by atoms with E-state index in [1.165, 1.54) is 11.1 Å². The van der Waals surface area contributed by atoms with Crippen molar-refractivity contribution in [2.24, 2.45) is 0 Å². The first-order chi connectivity index (χ1) is 18.1. The van der Waals surface area contributed by atoms with Gasteiger partial charge in [-0.25, -0.2) is 4.98 Å². The fraction of sp³-hybridized carbons (Fsp3) is 0.323. The van der Waals surface area contributed by atoms with Crippen LogP contribution in [0.5, 0.6) is 0 Å². The van der Waals surface area contributed by atoms with Crippen LogP contribution in [0.1, 0.15) is 53.9 Å². The Balaban J connectivity index is 1.73. The molecule has 1 N–H and O–H groups in total. The third kappa shape index (κ3) is 5.90. The number of imidazole rings is 1. The predicted octanol–water partition coefficient (Wildman–Crippen LogP) is 6.46.